The van der Waals surface area contributed by atoms with Crippen molar-refractivity contribution >= 4 is 21.8 Å². The lowest BCUT2D eigenvalue weighted by Gasteiger charge is -2.09. The first-order chi connectivity index (χ1) is 12.1. The second kappa shape index (κ2) is 9.29. The zero-order valence-electron chi connectivity index (χ0n) is 14.9. The van der Waals surface area contributed by atoms with Gasteiger partial charge in [0.1, 0.15) is 5.75 Å². The molecule has 0 spiro atoms. The van der Waals surface area contributed by atoms with Crippen LogP contribution in [0.3, 0.4) is 0 Å². The fourth-order valence-corrected chi connectivity index (χ4v) is 3.35. The van der Waals surface area contributed by atoms with Gasteiger partial charge in [-0.05, 0) is 32.0 Å². The van der Waals surface area contributed by atoms with Gasteiger partial charge >= 0.3 is 0 Å². The highest BCUT2D eigenvalue weighted by Crippen LogP contribution is 2.22. The van der Waals surface area contributed by atoms with E-state index in [1.165, 1.54) is 0 Å². The summed E-state index contributed by atoms with van der Waals surface area (Å²) >= 11 is 0. The van der Waals surface area contributed by atoms with Crippen LogP contribution in [0.25, 0.3) is 11.0 Å². The number of rotatable bonds is 5. The van der Waals surface area contributed by atoms with Crippen LogP contribution in [0.15, 0.2) is 41.7 Å². The molecule has 1 atom stereocenters. The van der Waals surface area contributed by atoms with Gasteiger partial charge in [-0.2, -0.15) is 0 Å². The first-order valence-corrected chi connectivity index (χ1v) is 9.23. The number of ether oxygens (including phenoxy) is 2. The van der Waals surface area contributed by atoms with Crippen molar-refractivity contribution in [2.45, 2.75) is 24.8 Å². The third-order valence-corrected chi connectivity index (χ3v) is 4.57. The smallest absolute Gasteiger partial charge is 0.197 e. The Balaban J connectivity index is 0.000000701. The first-order valence-electron chi connectivity index (χ1n) is 7.91. The molecule has 1 N–H and O–H groups in total. The van der Waals surface area contributed by atoms with Crippen LogP contribution in [0.4, 0.5) is 0 Å². The Kier molecular flexibility index (Phi) is 7.09. The second-order valence-electron chi connectivity index (χ2n) is 5.27. The van der Waals surface area contributed by atoms with Gasteiger partial charge in [-0.15, -0.1) is 0 Å². The van der Waals surface area contributed by atoms with Gasteiger partial charge in [-0.1, -0.05) is 12.1 Å². The number of hydrogen-bond donors (Lipinski definition) is 1. The molecule has 2 aromatic heterocycles. The summed E-state index contributed by atoms with van der Waals surface area (Å²) in [7, 11) is 1.98. The molecule has 7 heteroatoms. The molecule has 3 aromatic rings. The Hall–Kier alpha value is -2.25. The molecule has 1 unspecified atom stereocenters. The summed E-state index contributed by atoms with van der Waals surface area (Å²) < 4.78 is 22.3. The molecule has 3 rings (SSSR count). The van der Waals surface area contributed by atoms with Crippen LogP contribution >= 0.6 is 0 Å². The molecule has 0 aliphatic carbocycles. The van der Waals surface area contributed by atoms with Gasteiger partial charge in [0.25, 0.3) is 0 Å². The Morgan fingerprint density at radius 1 is 1.20 bits per heavy atom. The molecule has 0 radical (unpaired) electrons. The molecule has 0 saturated carbocycles. The van der Waals surface area contributed by atoms with Gasteiger partial charge in [-0.3, -0.25) is 9.19 Å². The quantitative estimate of drug-likeness (QED) is 0.755. The lowest BCUT2D eigenvalue weighted by Crippen LogP contribution is -2.04. The van der Waals surface area contributed by atoms with Crippen molar-refractivity contribution in [1.82, 2.24) is 15.0 Å². The van der Waals surface area contributed by atoms with Crippen LogP contribution in [-0.2, 0) is 21.3 Å². The molecule has 134 valence electrons. The Bertz CT molecular complexity index is 815. The topological polar surface area (TPSA) is 77.1 Å². The summed E-state index contributed by atoms with van der Waals surface area (Å²) in [5, 5.41) is 0.476. The Morgan fingerprint density at radius 3 is 2.60 bits per heavy atom. The van der Waals surface area contributed by atoms with E-state index in [1.807, 2.05) is 44.2 Å². The number of aromatic amines is 1. The van der Waals surface area contributed by atoms with Crippen LogP contribution in [0.5, 0.6) is 5.75 Å². The third-order valence-electron chi connectivity index (χ3n) is 3.41. The van der Waals surface area contributed by atoms with Crippen molar-refractivity contribution in [3.63, 3.8) is 0 Å². The van der Waals surface area contributed by atoms with Crippen LogP contribution < -0.4 is 4.74 Å². The van der Waals surface area contributed by atoms with Gasteiger partial charge < -0.3 is 14.5 Å². The predicted octanol–water partition coefficient (Wildman–Crippen LogP) is 3.24. The largest absolute Gasteiger partial charge is 0.493 e. The highest BCUT2D eigenvalue weighted by Gasteiger charge is 2.14. The van der Waals surface area contributed by atoms with Crippen LogP contribution in [0, 0.1) is 6.92 Å². The Labute approximate surface area is 150 Å². The predicted molar refractivity (Wildman–Crippen MR) is 99.3 cm³/mol. The molecule has 0 fully saturated rings. The maximum Gasteiger partial charge on any atom is 0.197 e. The second-order valence-corrected chi connectivity index (χ2v) is 6.64. The van der Waals surface area contributed by atoms with Crippen molar-refractivity contribution in [3.8, 4) is 5.75 Å². The van der Waals surface area contributed by atoms with Crippen molar-refractivity contribution < 1.29 is 13.7 Å². The number of imidazole rings is 1. The van der Waals surface area contributed by atoms with Gasteiger partial charge in [0.15, 0.2) is 5.16 Å². The fraction of sp³-hybridized carbons (Fsp3) is 0.333. The first kappa shape index (κ1) is 19.1. The summed E-state index contributed by atoms with van der Waals surface area (Å²) in [5.41, 5.74) is 3.40. The minimum atomic E-state index is -1.27. The van der Waals surface area contributed by atoms with Gasteiger partial charge in [-0.25, -0.2) is 4.98 Å². The van der Waals surface area contributed by atoms with Crippen LogP contribution in [0.1, 0.15) is 18.2 Å². The highest BCUT2D eigenvalue weighted by molar-refractivity contribution is 7.84. The van der Waals surface area contributed by atoms with Crippen molar-refractivity contribution in [2.75, 3.05) is 20.8 Å². The number of hydrogen-bond acceptors (Lipinski definition) is 5. The molecule has 6 nitrogen and oxygen atoms in total. The van der Waals surface area contributed by atoms with Gasteiger partial charge in [0, 0.05) is 26.0 Å². The van der Waals surface area contributed by atoms with Crippen LogP contribution in [0.2, 0.25) is 0 Å². The lowest BCUT2D eigenvalue weighted by molar-refractivity contribution is 0.277. The molecule has 0 bridgehead atoms. The van der Waals surface area contributed by atoms with E-state index in [0.29, 0.717) is 17.5 Å². The van der Waals surface area contributed by atoms with Crippen LogP contribution in [-0.4, -0.2) is 40.0 Å². The maximum absolute atomic E-state index is 12.5. The van der Waals surface area contributed by atoms with E-state index >= 15 is 0 Å². The molecule has 25 heavy (non-hydrogen) atoms. The molecule has 0 aliphatic heterocycles. The SMILES string of the molecule is CCOc1ccnc(CS(=O)c2nc3ccccc3[nH]2)c1C.COC. The monoisotopic (exact) mass is 361 g/mol. The normalized spacial score (nSPS) is 11.7. The molecule has 2 heterocycles. The van der Waals surface area contributed by atoms with Crippen molar-refractivity contribution in [2.24, 2.45) is 0 Å². The molecule has 0 aliphatic rings. The number of methoxy groups -OCH3 is 1. The highest BCUT2D eigenvalue weighted by atomic mass is 32.2. The molecule has 1 aromatic carbocycles. The number of nitrogens with zero attached hydrogens (tertiary/aromatic N) is 2. The number of H-pyrrole nitrogens is 1. The molecular weight excluding hydrogens is 338 g/mol. The zero-order chi connectivity index (χ0) is 18.2. The zero-order valence-corrected chi connectivity index (χ0v) is 15.7. The average Bonchev–Trinajstić information content (AvgIpc) is 3.03. The third kappa shape index (κ3) is 4.87. The number of para-hydroxylation sites is 2. The van der Waals surface area contributed by atoms with Gasteiger partial charge in [0.2, 0.25) is 0 Å². The average molecular weight is 361 g/mol. The van der Waals surface area contributed by atoms with Crippen molar-refractivity contribution in [3.05, 3.63) is 47.8 Å². The summed E-state index contributed by atoms with van der Waals surface area (Å²) in [6, 6.07) is 9.47. The minimum Gasteiger partial charge on any atom is -0.493 e. The summed E-state index contributed by atoms with van der Waals surface area (Å²) in [5.74, 6) is 1.10. The lowest BCUT2D eigenvalue weighted by atomic mass is 10.2. The number of aromatic nitrogens is 3. The molecule has 0 amide bonds. The number of fused-ring (bicyclic) bond motifs is 1. The Morgan fingerprint density at radius 2 is 1.92 bits per heavy atom. The van der Waals surface area contributed by atoms with E-state index in [-0.39, 0.29) is 0 Å². The van der Waals surface area contributed by atoms with E-state index in [9.17, 15) is 4.21 Å². The molecular formula is C18H23N3O3S. The standard InChI is InChI=1S/C16H17N3O2S.C2H6O/c1-3-21-15-8-9-17-14(11(15)2)10-22(20)16-18-12-6-4-5-7-13(12)19-16;1-3-2/h4-9H,3,10H2,1-2H3,(H,18,19);1-2H3. The summed E-state index contributed by atoms with van der Waals surface area (Å²) in [6.45, 7) is 4.46. The van der Waals surface area contributed by atoms with E-state index < -0.39 is 10.8 Å². The van der Waals surface area contributed by atoms with Crippen molar-refractivity contribution in [1.29, 1.82) is 0 Å². The van der Waals surface area contributed by atoms with Gasteiger partial charge in [0.05, 0.1) is 39.9 Å². The number of pyridine rings is 1. The number of nitrogens with one attached hydrogen (secondary N) is 1. The minimum absolute atomic E-state index is 0.312. The van der Waals surface area contributed by atoms with E-state index in [1.54, 1.807) is 20.4 Å². The van der Waals surface area contributed by atoms with E-state index in [4.69, 9.17) is 4.74 Å². The fourth-order valence-electron chi connectivity index (χ4n) is 2.25. The summed E-state index contributed by atoms with van der Waals surface area (Å²) in [4.78, 5) is 11.8. The maximum atomic E-state index is 12.5. The van der Waals surface area contributed by atoms with E-state index in [2.05, 4.69) is 19.7 Å². The molecule has 0 saturated heterocycles. The summed E-state index contributed by atoms with van der Waals surface area (Å²) in [6.07, 6.45) is 1.68. The number of benzene rings is 1. The van der Waals surface area contributed by atoms with E-state index in [0.717, 1.165) is 28.0 Å².